The zero-order valence-electron chi connectivity index (χ0n) is 20.2. The summed E-state index contributed by atoms with van der Waals surface area (Å²) < 4.78 is 35.4. The van der Waals surface area contributed by atoms with Crippen LogP contribution in [0, 0.1) is 0 Å². The highest BCUT2D eigenvalue weighted by atomic mass is 32.2. The van der Waals surface area contributed by atoms with E-state index in [0.29, 0.717) is 13.2 Å². The summed E-state index contributed by atoms with van der Waals surface area (Å²) in [6.45, 7) is 0.824. The maximum atomic E-state index is 13.4. The topological polar surface area (TPSA) is 46.6 Å². The third-order valence-corrected chi connectivity index (χ3v) is 8.80. The summed E-state index contributed by atoms with van der Waals surface area (Å²) in [5, 5.41) is 0. The summed E-state index contributed by atoms with van der Waals surface area (Å²) in [5.41, 5.74) is 2.98. The second-order valence-corrected chi connectivity index (χ2v) is 11.2. The summed E-state index contributed by atoms with van der Waals surface area (Å²) in [5.74, 6) is 0.00549. The molecule has 1 atom stereocenters. The first-order chi connectivity index (χ1) is 17.6. The molecule has 0 spiro atoms. The number of benzene rings is 4. The largest absolute Gasteiger partial charge is 0.359 e. The zero-order chi connectivity index (χ0) is 24.8. The van der Waals surface area contributed by atoms with Crippen LogP contribution in [0.4, 0.5) is 0 Å². The lowest BCUT2D eigenvalue weighted by Crippen LogP contribution is -2.42. The van der Waals surface area contributed by atoms with E-state index >= 15 is 0 Å². The van der Waals surface area contributed by atoms with E-state index in [1.807, 2.05) is 84.9 Å². The van der Waals surface area contributed by atoms with Crippen molar-refractivity contribution in [3.05, 3.63) is 144 Å². The summed E-state index contributed by atoms with van der Waals surface area (Å²) in [6, 6.07) is 39.8. The van der Waals surface area contributed by atoms with Gasteiger partial charge in [-0.25, -0.2) is 8.42 Å². The zero-order valence-corrected chi connectivity index (χ0v) is 21.1. The number of hydrogen-bond donors (Lipinski definition) is 0. The lowest BCUT2D eigenvalue weighted by Gasteiger charge is -2.37. The molecule has 0 saturated carbocycles. The van der Waals surface area contributed by atoms with Gasteiger partial charge in [0.25, 0.3) is 0 Å². The van der Waals surface area contributed by atoms with Crippen LogP contribution >= 0.6 is 0 Å². The Balaban J connectivity index is 1.50. The van der Waals surface area contributed by atoms with Gasteiger partial charge in [0.1, 0.15) is 5.60 Å². The van der Waals surface area contributed by atoms with Crippen LogP contribution in [0.5, 0.6) is 0 Å². The lowest BCUT2D eigenvalue weighted by atomic mass is 9.80. The van der Waals surface area contributed by atoms with E-state index < -0.39 is 15.6 Å². The molecule has 4 nitrogen and oxygen atoms in total. The van der Waals surface area contributed by atoms with Crippen molar-refractivity contribution in [2.24, 2.45) is 0 Å². The van der Waals surface area contributed by atoms with Crippen LogP contribution in [0.2, 0.25) is 0 Å². The molecule has 0 bridgehead atoms. The Labute approximate surface area is 214 Å². The van der Waals surface area contributed by atoms with Crippen molar-refractivity contribution < 1.29 is 13.2 Å². The van der Waals surface area contributed by atoms with Crippen molar-refractivity contribution in [3.8, 4) is 0 Å². The molecule has 1 fully saturated rings. The third kappa shape index (κ3) is 5.00. The molecular formula is C31H31NO3S. The number of sulfonamides is 1. The number of rotatable bonds is 9. The van der Waals surface area contributed by atoms with E-state index in [-0.39, 0.29) is 11.8 Å². The van der Waals surface area contributed by atoms with Crippen molar-refractivity contribution in [1.82, 2.24) is 4.31 Å². The van der Waals surface area contributed by atoms with Gasteiger partial charge in [-0.1, -0.05) is 121 Å². The van der Waals surface area contributed by atoms with E-state index in [4.69, 9.17) is 4.74 Å². The van der Waals surface area contributed by atoms with Gasteiger partial charge in [0.2, 0.25) is 10.0 Å². The average Bonchev–Trinajstić information content (AvgIpc) is 3.41. The molecule has 5 heteroatoms. The molecule has 1 saturated heterocycles. The van der Waals surface area contributed by atoms with Gasteiger partial charge in [-0.05, 0) is 35.1 Å². The van der Waals surface area contributed by atoms with Crippen molar-refractivity contribution in [1.29, 1.82) is 0 Å². The minimum absolute atomic E-state index is 0.00549. The van der Waals surface area contributed by atoms with Gasteiger partial charge in [0, 0.05) is 12.6 Å². The Morgan fingerprint density at radius 2 is 1.14 bits per heavy atom. The molecule has 36 heavy (non-hydrogen) atoms. The minimum atomic E-state index is -3.47. The van der Waals surface area contributed by atoms with E-state index in [2.05, 4.69) is 36.4 Å². The smallest absolute Gasteiger partial charge is 0.218 e. The van der Waals surface area contributed by atoms with Gasteiger partial charge in [0.05, 0.1) is 12.4 Å². The predicted octanol–water partition coefficient (Wildman–Crippen LogP) is 5.99. The van der Waals surface area contributed by atoms with Gasteiger partial charge in [-0.3, -0.25) is 0 Å². The molecule has 1 unspecified atom stereocenters. The van der Waals surface area contributed by atoms with Crippen molar-refractivity contribution in [3.63, 3.8) is 0 Å². The van der Waals surface area contributed by atoms with Crippen molar-refractivity contribution in [2.75, 3.05) is 13.2 Å². The fraction of sp³-hybridized carbons (Fsp3) is 0.226. The first-order valence-corrected chi connectivity index (χ1v) is 14.0. The fourth-order valence-corrected chi connectivity index (χ4v) is 7.01. The molecule has 184 valence electrons. The average molecular weight is 498 g/mol. The molecule has 1 heterocycles. The molecule has 4 aromatic carbocycles. The number of ether oxygens (including phenoxy) is 1. The van der Waals surface area contributed by atoms with E-state index in [0.717, 1.165) is 35.1 Å². The van der Waals surface area contributed by atoms with Gasteiger partial charge in [-0.2, -0.15) is 4.31 Å². The molecule has 5 rings (SSSR count). The highest BCUT2D eigenvalue weighted by Gasteiger charge is 2.41. The summed E-state index contributed by atoms with van der Waals surface area (Å²) in [6.07, 6.45) is 1.61. The van der Waals surface area contributed by atoms with Crippen LogP contribution < -0.4 is 0 Å². The first-order valence-electron chi connectivity index (χ1n) is 12.4. The number of hydrogen-bond acceptors (Lipinski definition) is 3. The monoisotopic (exact) mass is 497 g/mol. The fourth-order valence-electron chi connectivity index (χ4n) is 5.20. The van der Waals surface area contributed by atoms with E-state index in [1.54, 1.807) is 4.31 Å². The van der Waals surface area contributed by atoms with Crippen LogP contribution in [-0.2, 0) is 26.1 Å². The Kier molecular flexibility index (Phi) is 7.33. The summed E-state index contributed by atoms with van der Waals surface area (Å²) in [4.78, 5) is 0. The SMILES string of the molecule is O=S(=O)(Cc1ccccc1)N1CCCC1COC(c1ccccc1)(c1ccccc1)c1ccccc1. The quantitative estimate of drug-likeness (QED) is 0.267. The van der Waals surface area contributed by atoms with Crippen LogP contribution in [0.25, 0.3) is 0 Å². The molecule has 1 aliphatic heterocycles. The Hall–Kier alpha value is -3.25. The number of nitrogens with zero attached hydrogens (tertiary/aromatic N) is 1. The van der Waals surface area contributed by atoms with Crippen molar-refractivity contribution >= 4 is 10.0 Å². The van der Waals surface area contributed by atoms with E-state index in [9.17, 15) is 8.42 Å². The third-order valence-electron chi connectivity index (χ3n) is 6.91. The van der Waals surface area contributed by atoms with Crippen LogP contribution in [0.3, 0.4) is 0 Å². The highest BCUT2D eigenvalue weighted by molar-refractivity contribution is 7.88. The lowest BCUT2D eigenvalue weighted by molar-refractivity contribution is -0.00593. The van der Waals surface area contributed by atoms with Gasteiger partial charge in [0.15, 0.2) is 0 Å². The maximum Gasteiger partial charge on any atom is 0.218 e. The highest BCUT2D eigenvalue weighted by Crippen LogP contribution is 2.41. The van der Waals surface area contributed by atoms with Crippen LogP contribution in [0.1, 0.15) is 35.1 Å². The molecule has 0 aromatic heterocycles. The van der Waals surface area contributed by atoms with Crippen LogP contribution in [-0.4, -0.2) is 31.9 Å². The second kappa shape index (κ2) is 10.8. The molecule has 0 radical (unpaired) electrons. The first kappa shape index (κ1) is 24.4. The molecule has 0 amide bonds. The second-order valence-electron chi connectivity index (χ2n) is 9.24. The molecular weight excluding hydrogens is 466 g/mol. The van der Waals surface area contributed by atoms with Gasteiger partial charge < -0.3 is 4.74 Å². The summed E-state index contributed by atoms with van der Waals surface area (Å²) >= 11 is 0. The molecule has 0 N–H and O–H groups in total. The standard InChI is InChI=1S/C31H31NO3S/c33-36(34,25-26-14-5-1-6-15-26)32-23-13-22-30(32)24-35-31(27-16-7-2-8-17-27,28-18-9-3-10-19-28)29-20-11-4-12-21-29/h1-12,14-21,30H,13,22-25H2. The minimum Gasteiger partial charge on any atom is -0.359 e. The predicted molar refractivity (Wildman–Crippen MR) is 144 cm³/mol. The Morgan fingerprint density at radius 1 is 0.694 bits per heavy atom. The van der Waals surface area contributed by atoms with Crippen molar-refractivity contribution in [2.45, 2.75) is 30.2 Å². The van der Waals surface area contributed by atoms with Crippen LogP contribution in [0.15, 0.2) is 121 Å². The normalized spacial score (nSPS) is 16.7. The van der Waals surface area contributed by atoms with E-state index in [1.165, 1.54) is 0 Å². The van der Waals surface area contributed by atoms with Gasteiger partial charge >= 0.3 is 0 Å². The Bertz CT molecular complexity index is 1250. The maximum absolute atomic E-state index is 13.4. The summed E-state index contributed by atoms with van der Waals surface area (Å²) in [7, 11) is -3.47. The Morgan fingerprint density at radius 3 is 1.61 bits per heavy atom. The molecule has 4 aromatic rings. The molecule has 1 aliphatic rings. The van der Waals surface area contributed by atoms with Gasteiger partial charge in [-0.15, -0.1) is 0 Å². The molecule has 0 aliphatic carbocycles.